The molecule has 0 aliphatic carbocycles. The van der Waals surface area contributed by atoms with Crippen LogP contribution in [0.4, 0.5) is 0 Å². The molecule has 2 rings (SSSR count). The van der Waals surface area contributed by atoms with Crippen molar-refractivity contribution < 1.29 is 9.59 Å². The number of rotatable bonds is 4. The van der Waals surface area contributed by atoms with E-state index >= 15 is 0 Å². The second kappa shape index (κ2) is 4.99. The van der Waals surface area contributed by atoms with Crippen LogP contribution in [-0.4, -0.2) is 46.0 Å². The number of hydrogen-bond donors (Lipinski definition) is 2. The summed E-state index contributed by atoms with van der Waals surface area (Å²) in [7, 11) is 0. The van der Waals surface area contributed by atoms with Gasteiger partial charge in [-0.25, -0.2) is 0 Å². The average Bonchev–Trinajstić information content (AvgIpc) is 2.90. The quantitative estimate of drug-likeness (QED) is 0.781. The van der Waals surface area contributed by atoms with Gasteiger partial charge in [-0.3, -0.25) is 14.7 Å². The summed E-state index contributed by atoms with van der Waals surface area (Å²) in [5.41, 5.74) is 0.504. The molecule has 1 aromatic rings. The van der Waals surface area contributed by atoms with Crippen LogP contribution in [0, 0.1) is 0 Å². The van der Waals surface area contributed by atoms with Gasteiger partial charge in [0, 0.05) is 31.7 Å². The molecule has 17 heavy (non-hydrogen) atoms. The number of nitrogens with one attached hydrogen (secondary N) is 2. The van der Waals surface area contributed by atoms with E-state index < -0.39 is 0 Å². The van der Waals surface area contributed by atoms with Gasteiger partial charge in [0.1, 0.15) is 0 Å². The zero-order chi connectivity index (χ0) is 12.3. The van der Waals surface area contributed by atoms with Crippen molar-refractivity contribution in [2.45, 2.75) is 25.8 Å². The van der Waals surface area contributed by atoms with Crippen LogP contribution in [-0.2, 0) is 4.79 Å². The van der Waals surface area contributed by atoms with Crippen LogP contribution in [0.3, 0.4) is 0 Å². The number of likely N-dealkylation sites (tertiary alicyclic amines) is 1. The Morgan fingerprint density at radius 1 is 1.71 bits per heavy atom. The van der Waals surface area contributed by atoms with Gasteiger partial charge in [0.15, 0.2) is 0 Å². The van der Waals surface area contributed by atoms with Gasteiger partial charge in [-0.1, -0.05) is 0 Å². The second-order valence-corrected chi connectivity index (χ2v) is 4.30. The van der Waals surface area contributed by atoms with Gasteiger partial charge < -0.3 is 10.2 Å². The minimum absolute atomic E-state index is 0.0561. The molecule has 1 atom stereocenters. The summed E-state index contributed by atoms with van der Waals surface area (Å²) in [5.74, 6) is 0.00676. The van der Waals surface area contributed by atoms with Gasteiger partial charge in [0.2, 0.25) is 5.91 Å². The van der Waals surface area contributed by atoms with Gasteiger partial charge in [0.25, 0.3) is 5.91 Å². The lowest BCUT2D eigenvalue weighted by Gasteiger charge is -2.21. The van der Waals surface area contributed by atoms with Crippen LogP contribution in [0.15, 0.2) is 12.4 Å². The Morgan fingerprint density at radius 3 is 3.12 bits per heavy atom. The highest BCUT2D eigenvalue weighted by Crippen LogP contribution is 2.09. The summed E-state index contributed by atoms with van der Waals surface area (Å²) in [6.45, 7) is 3.26. The zero-order valence-electron chi connectivity index (χ0n) is 9.77. The first-order chi connectivity index (χ1) is 8.16. The summed E-state index contributed by atoms with van der Waals surface area (Å²) < 4.78 is 0. The number of hydrogen-bond acceptors (Lipinski definition) is 3. The molecule has 1 fully saturated rings. The van der Waals surface area contributed by atoms with Gasteiger partial charge >= 0.3 is 0 Å². The third-order valence-corrected chi connectivity index (χ3v) is 2.80. The van der Waals surface area contributed by atoms with Gasteiger partial charge in [0.05, 0.1) is 11.8 Å². The molecule has 1 aliphatic heterocycles. The fourth-order valence-electron chi connectivity index (χ4n) is 1.96. The van der Waals surface area contributed by atoms with E-state index in [0.717, 1.165) is 13.0 Å². The third-order valence-electron chi connectivity index (χ3n) is 2.80. The summed E-state index contributed by atoms with van der Waals surface area (Å²) in [6.07, 6.45) is 4.57. The maximum absolute atomic E-state index is 11.7. The molecule has 0 bridgehead atoms. The molecule has 2 N–H and O–H groups in total. The number of amides is 2. The average molecular weight is 236 g/mol. The van der Waals surface area contributed by atoms with Crippen molar-refractivity contribution in [1.82, 2.24) is 20.4 Å². The van der Waals surface area contributed by atoms with E-state index in [-0.39, 0.29) is 17.9 Å². The molecule has 92 valence electrons. The molecule has 0 saturated carbocycles. The molecular weight excluding hydrogens is 220 g/mol. The molecule has 6 heteroatoms. The Labute approximate surface area is 99.4 Å². The summed E-state index contributed by atoms with van der Waals surface area (Å²) in [6, 6.07) is -0.0561. The van der Waals surface area contributed by atoms with Crippen LogP contribution in [0.1, 0.15) is 30.1 Å². The van der Waals surface area contributed by atoms with Crippen LogP contribution >= 0.6 is 0 Å². The Balaban J connectivity index is 1.83. The number of nitrogens with zero attached hydrogens (tertiary/aromatic N) is 2. The maximum atomic E-state index is 11.7. The van der Waals surface area contributed by atoms with Crippen molar-refractivity contribution in [2.75, 3.05) is 13.1 Å². The standard InChI is InChI=1S/C11H16N4O2/c1-8(7-15-4-2-3-10(15)16)14-11(17)9-5-12-13-6-9/h5-6,8H,2-4,7H2,1H3,(H,12,13)(H,14,17). The fourth-order valence-corrected chi connectivity index (χ4v) is 1.96. The van der Waals surface area contributed by atoms with Crippen LogP contribution in [0.2, 0.25) is 0 Å². The van der Waals surface area contributed by atoms with E-state index in [2.05, 4.69) is 15.5 Å². The molecule has 0 radical (unpaired) electrons. The highest BCUT2D eigenvalue weighted by molar-refractivity contribution is 5.93. The van der Waals surface area contributed by atoms with Crippen molar-refractivity contribution in [2.24, 2.45) is 0 Å². The summed E-state index contributed by atoms with van der Waals surface area (Å²) in [4.78, 5) is 24.9. The van der Waals surface area contributed by atoms with E-state index in [1.165, 1.54) is 6.20 Å². The lowest BCUT2D eigenvalue weighted by molar-refractivity contribution is -0.127. The lowest BCUT2D eigenvalue weighted by atomic mass is 10.2. The van der Waals surface area contributed by atoms with Crippen LogP contribution in [0.5, 0.6) is 0 Å². The molecule has 1 aromatic heterocycles. The Hall–Kier alpha value is -1.85. The van der Waals surface area contributed by atoms with Gasteiger partial charge in [-0.05, 0) is 13.3 Å². The predicted octanol–water partition coefficient (Wildman–Crippen LogP) is 0.150. The Kier molecular flexibility index (Phi) is 3.41. The van der Waals surface area contributed by atoms with Crippen LogP contribution < -0.4 is 5.32 Å². The first-order valence-corrected chi connectivity index (χ1v) is 5.74. The molecule has 6 nitrogen and oxygen atoms in total. The van der Waals surface area contributed by atoms with E-state index in [9.17, 15) is 9.59 Å². The number of carbonyl (C=O) groups is 2. The van der Waals surface area contributed by atoms with E-state index in [4.69, 9.17) is 0 Å². The van der Waals surface area contributed by atoms with Crippen molar-refractivity contribution in [3.05, 3.63) is 18.0 Å². The van der Waals surface area contributed by atoms with Crippen molar-refractivity contribution in [3.8, 4) is 0 Å². The normalized spacial score (nSPS) is 17.2. The second-order valence-electron chi connectivity index (χ2n) is 4.30. The maximum Gasteiger partial charge on any atom is 0.254 e. The number of aromatic amines is 1. The fraction of sp³-hybridized carbons (Fsp3) is 0.545. The smallest absolute Gasteiger partial charge is 0.254 e. The van der Waals surface area contributed by atoms with E-state index in [1.54, 1.807) is 11.1 Å². The highest BCUT2D eigenvalue weighted by Gasteiger charge is 2.22. The molecule has 2 heterocycles. The SMILES string of the molecule is CC(CN1CCCC1=O)NC(=O)c1cn[nH]c1. The minimum Gasteiger partial charge on any atom is -0.348 e. The zero-order valence-corrected chi connectivity index (χ0v) is 9.77. The summed E-state index contributed by atoms with van der Waals surface area (Å²) >= 11 is 0. The van der Waals surface area contributed by atoms with Crippen molar-refractivity contribution in [1.29, 1.82) is 0 Å². The molecule has 1 saturated heterocycles. The summed E-state index contributed by atoms with van der Waals surface area (Å²) in [5, 5.41) is 9.14. The molecule has 0 spiro atoms. The van der Waals surface area contributed by atoms with E-state index in [1.807, 2.05) is 6.92 Å². The predicted molar refractivity (Wildman–Crippen MR) is 61.3 cm³/mol. The highest BCUT2D eigenvalue weighted by atomic mass is 16.2. The minimum atomic E-state index is -0.169. The first-order valence-electron chi connectivity index (χ1n) is 5.74. The monoisotopic (exact) mass is 236 g/mol. The number of H-pyrrole nitrogens is 1. The van der Waals surface area contributed by atoms with E-state index in [0.29, 0.717) is 18.5 Å². The molecule has 2 amide bonds. The number of aromatic nitrogens is 2. The lowest BCUT2D eigenvalue weighted by Crippen LogP contribution is -2.42. The van der Waals surface area contributed by atoms with Gasteiger partial charge in [-0.2, -0.15) is 5.10 Å². The topological polar surface area (TPSA) is 78.1 Å². The number of carbonyl (C=O) groups excluding carboxylic acids is 2. The largest absolute Gasteiger partial charge is 0.348 e. The third kappa shape index (κ3) is 2.83. The first kappa shape index (κ1) is 11.6. The van der Waals surface area contributed by atoms with Crippen molar-refractivity contribution in [3.63, 3.8) is 0 Å². The molecule has 1 aliphatic rings. The van der Waals surface area contributed by atoms with Gasteiger partial charge in [-0.15, -0.1) is 0 Å². The Morgan fingerprint density at radius 2 is 2.53 bits per heavy atom. The molecular formula is C11H16N4O2. The van der Waals surface area contributed by atoms with Crippen molar-refractivity contribution >= 4 is 11.8 Å². The molecule has 1 unspecified atom stereocenters. The molecule has 0 aromatic carbocycles. The van der Waals surface area contributed by atoms with Crippen LogP contribution in [0.25, 0.3) is 0 Å². The Bertz CT molecular complexity index is 402.